The number of nitrogens with zero attached hydrogens (tertiary/aromatic N) is 1. The van der Waals surface area contributed by atoms with Crippen molar-refractivity contribution in [2.45, 2.75) is 32.6 Å². The lowest BCUT2D eigenvalue weighted by atomic mass is 10.0. The van der Waals surface area contributed by atoms with Crippen molar-refractivity contribution in [2.75, 3.05) is 18.8 Å². The van der Waals surface area contributed by atoms with Crippen LogP contribution in [0.2, 0.25) is 0 Å². The Bertz CT molecular complexity index is 339. The van der Waals surface area contributed by atoms with Crippen LogP contribution in [0, 0.1) is 5.92 Å². The molecule has 1 saturated heterocycles. The summed E-state index contributed by atoms with van der Waals surface area (Å²) in [6.45, 7) is 3.18. The standard InChI is InChI=1S/C10H19NO4S/c1-9-3-2-6-11(7-4-9)16(14,15)8-5-10(12)13/h9H,2-8H2,1H3,(H,12,13). The minimum Gasteiger partial charge on any atom is -0.481 e. The molecule has 0 aromatic rings. The van der Waals surface area contributed by atoms with Gasteiger partial charge in [-0.1, -0.05) is 6.92 Å². The molecule has 1 rings (SSSR count). The Balaban J connectivity index is 2.57. The summed E-state index contributed by atoms with van der Waals surface area (Å²) in [6, 6.07) is 0. The number of sulfonamides is 1. The van der Waals surface area contributed by atoms with Crippen molar-refractivity contribution in [3.8, 4) is 0 Å². The van der Waals surface area contributed by atoms with Gasteiger partial charge >= 0.3 is 5.97 Å². The van der Waals surface area contributed by atoms with Gasteiger partial charge in [0, 0.05) is 13.1 Å². The molecule has 1 unspecified atom stereocenters. The van der Waals surface area contributed by atoms with Crippen molar-refractivity contribution in [3.63, 3.8) is 0 Å². The molecule has 1 aliphatic rings. The fourth-order valence-electron chi connectivity index (χ4n) is 1.86. The molecule has 6 heteroatoms. The number of hydrogen-bond donors (Lipinski definition) is 1. The number of aliphatic carboxylic acids is 1. The van der Waals surface area contributed by atoms with Gasteiger partial charge < -0.3 is 5.11 Å². The van der Waals surface area contributed by atoms with E-state index in [0.717, 1.165) is 19.3 Å². The second-order valence-corrected chi connectivity index (χ2v) is 6.48. The highest BCUT2D eigenvalue weighted by Gasteiger charge is 2.25. The van der Waals surface area contributed by atoms with Crippen LogP contribution < -0.4 is 0 Å². The van der Waals surface area contributed by atoms with Gasteiger partial charge in [0.1, 0.15) is 0 Å². The van der Waals surface area contributed by atoms with Crippen molar-refractivity contribution in [1.29, 1.82) is 0 Å². The normalized spacial score (nSPS) is 23.9. The average Bonchev–Trinajstić information content (AvgIpc) is 2.40. The van der Waals surface area contributed by atoms with Gasteiger partial charge in [-0.3, -0.25) is 4.79 Å². The van der Waals surface area contributed by atoms with Gasteiger partial charge in [0.25, 0.3) is 0 Å². The van der Waals surface area contributed by atoms with Gasteiger partial charge in [-0.2, -0.15) is 0 Å². The number of rotatable bonds is 4. The summed E-state index contributed by atoms with van der Waals surface area (Å²) in [5.74, 6) is -0.789. The average molecular weight is 249 g/mol. The Hall–Kier alpha value is -0.620. The predicted molar refractivity (Wildman–Crippen MR) is 60.6 cm³/mol. The molecule has 0 aromatic heterocycles. The molecule has 16 heavy (non-hydrogen) atoms. The minimum atomic E-state index is -3.37. The summed E-state index contributed by atoms with van der Waals surface area (Å²) in [6.07, 6.45) is 2.47. The van der Waals surface area contributed by atoms with E-state index in [1.54, 1.807) is 0 Å². The first-order valence-electron chi connectivity index (χ1n) is 5.61. The third-order valence-corrected chi connectivity index (χ3v) is 4.81. The molecule has 1 atom stereocenters. The monoisotopic (exact) mass is 249 g/mol. The van der Waals surface area contributed by atoms with Crippen molar-refractivity contribution in [3.05, 3.63) is 0 Å². The van der Waals surface area contributed by atoms with Crippen LogP contribution in [0.15, 0.2) is 0 Å². The van der Waals surface area contributed by atoms with Crippen LogP contribution in [0.1, 0.15) is 32.6 Å². The minimum absolute atomic E-state index is 0.281. The highest BCUT2D eigenvalue weighted by Crippen LogP contribution is 2.19. The van der Waals surface area contributed by atoms with Crippen LogP contribution in [0.5, 0.6) is 0 Å². The smallest absolute Gasteiger partial charge is 0.304 e. The third-order valence-electron chi connectivity index (χ3n) is 2.94. The SMILES string of the molecule is CC1CCCN(S(=O)(=O)CCC(=O)O)CC1. The Morgan fingerprint density at radius 3 is 2.69 bits per heavy atom. The Labute approximate surface area is 96.5 Å². The highest BCUT2D eigenvalue weighted by molar-refractivity contribution is 7.89. The fraction of sp³-hybridized carbons (Fsp3) is 0.900. The van der Waals surface area contributed by atoms with Crippen molar-refractivity contribution in [2.24, 2.45) is 5.92 Å². The van der Waals surface area contributed by atoms with Gasteiger partial charge in [0.2, 0.25) is 10.0 Å². The van der Waals surface area contributed by atoms with E-state index in [2.05, 4.69) is 6.92 Å². The van der Waals surface area contributed by atoms with Crippen LogP contribution >= 0.6 is 0 Å². The van der Waals surface area contributed by atoms with E-state index in [0.29, 0.717) is 19.0 Å². The summed E-state index contributed by atoms with van der Waals surface area (Å²) in [4.78, 5) is 10.4. The van der Waals surface area contributed by atoms with E-state index < -0.39 is 16.0 Å². The molecule has 0 amide bonds. The number of carboxylic acids is 1. The van der Waals surface area contributed by atoms with Gasteiger partial charge in [-0.05, 0) is 25.2 Å². The molecule has 5 nitrogen and oxygen atoms in total. The summed E-state index contributed by atoms with van der Waals surface area (Å²) in [7, 11) is -3.37. The molecule has 1 fully saturated rings. The molecule has 0 radical (unpaired) electrons. The summed E-state index contributed by atoms with van der Waals surface area (Å²) in [5.41, 5.74) is 0. The third kappa shape index (κ3) is 4.09. The van der Waals surface area contributed by atoms with E-state index in [-0.39, 0.29) is 12.2 Å². The number of carboxylic acid groups (broad SMARTS) is 1. The lowest BCUT2D eigenvalue weighted by molar-refractivity contribution is -0.136. The first kappa shape index (κ1) is 13.4. The zero-order valence-electron chi connectivity index (χ0n) is 9.55. The number of hydrogen-bond acceptors (Lipinski definition) is 3. The molecular formula is C10H19NO4S. The van der Waals surface area contributed by atoms with E-state index in [4.69, 9.17) is 5.11 Å². The molecule has 1 N–H and O–H groups in total. The van der Waals surface area contributed by atoms with Crippen LogP contribution in [0.3, 0.4) is 0 Å². The molecule has 0 saturated carbocycles. The topological polar surface area (TPSA) is 74.7 Å². The predicted octanol–water partition coefficient (Wildman–Crippen LogP) is 0.913. The highest BCUT2D eigenvalue weighted by atomic mass is 32.2. The molecule has 0 bridgehead atoms. The van der Waals surface area contributed by atoms with E-state index in [1.807, 2.05) is 0 Å². The molecule has 0 spiro atoms. The Morgan fingerprint density at radius 2 is 2.06 bits per heavy atom. The summed E-state index contributed by atoms with van der Waals surface area (Å²) in [5, 5.41) is 8.49. The first-order valence-corrected chi connectivity index (χ1v) is 7.22. The van der Waals surface area contributed by atoms with Crippen LogP contribution in [-0.2, 0) is 14.8 Å². The largest absolute Gasteiger partial charge is 0.481 e. The molecule has 1 heterocycles. The summed E-state index contributed by atoms with van der Waals surface area (Å²) < 4.78 is 25.1. The molecule has 0 aliphatic carbocycles. The van der Waals surface area contributed by atoms with Crippen LogP contribution in [-0.4, -0.2) is 42.6 Å². The van der Waals surface area contributed by atoms with Gasteiger partial charge in [0.15, 0.2) is 0 Å². The maximum atomic E-state index is 11.8. The zero-order valence-corrected chi connectivity index (χ0v) is 10.4. The molecular weight excluding hydrogens is 230 g/mol. The van der Waals surface area contributed by atoms with Gasteiger partial charge in [-0.25, -0.2) is 12.7 Å². The second-order valence-electron chi connectivity index (χ2n) is 4.39. The van der Waals surface area contributed by atoms with E-state index >= 15 is 0 Å². The van der Waals surface area contributed by atoms with E-state index in [1.165, 1.54) is 4.31 Å². The number of carbonyl (C=O) groups is 1. The van der Waals surface area contributed by atoms with Crippen LogP contribution in [0.25, 0.3) is 0 Å². The quantitative estimate of drug-likeness (QED) is 0.803. The lowest BCUT2D eigenvalue weighted by Crippen LogP contribution is -2.34. The first-order chi connectivity index (χ1) is 7.42. The van der Waals surface area contributed by atoms with Crippen LogP contribution in [0.4, 0.5) is 0 Å². The van der Waals surface area contributed by atoms with Gasteiger partial charge in [0.05, 0.1) is 12.2 Å². The maximum absolute atomic E-state index is 11.8. The van der Waals surface area contributed by atoms with Crippen molar-refractivity contribution in [1.82, 2.24) is 4.31 Å². The molecule has 94 valence electrons. The fourth-order valence-corrected chi connectivity index (χ4v) is 3.34. The maximum Gasteiger partial charge on any atom is 0.304 e. The molecule has 0 aromatic carbocycles. The van der Waals surface area contributed by atoms with E-state index in [9.17, 15) is 13.2 Å². The molecule has 1 aliphatic heterocycles. The Morgan fingerprint density at radius 1 is 1.38 bits per heavy atom. The summed E-state index contributed by atoms with van der Waals surface area (Å²) >= 11 is 0. The Kier molecular flexibility index (Phi) is 4.73. The van der Waals surface area contributed by atoms with Crippen molar-refractivity contribution < 1.29 is 18.3 Å². The lowest BCUT2D eigenvalue weighted by Gasteiger charge is -2.19. The second kappa shape index (κ2) is 5.63. The zero-order chi connectivity index (χ0) is 12.2. The van der Waals surface area contributed by atoms with Crippen molar-refractivity contribution >= 4 is 16.0 Å². The van der Waals surface area contributed by atoms with Gasteiger partial charge in [-0.15, -0.1) is 0 Å².